The molecule has 0 atom stereocenters. The second-order valence-electron chi connectivity index (χ2n) is 5.38. The molecule has 0 radical (unpaired) electrons. The lowest BCUT2D eigenvalue weighted by Crippen LogP contribution is -2.34. The van der Waals surface area contributed by atoms with Crippen LogP contribution in [0.5, 0.6) is 0 Å². The first-order valence-electron chi connectivity index (χ1n) is 6.39. The maximum absolute atomic E-state index is 11.1. The monoisotopic (exact) mass is 235 g/mol. The maximum atomic E-state index is 11.1. The van der Waals surface area contributed by atoms with Crippen molar-refractivity contribution in [1.29, 1.82) is 0 Å². The van der Waals surface area contributed by atoms with Gasteiger partial charge in [-0.1, -0.05) is 13.3 Å². The Morgan fingerprint density at radius 2 is 2.12 bits per heavy atom. The summed E-state index contributed by atoms with van der Waals surface area (Å²) in [7, 11) is 0. The Balaban J connectivity index is 2.30. The van der Waals surface area contributed by atoms with Crippen molar-refractivity contribution in [2.75, 3.05) is 0 Å². The van der Waals surface area contributed by atoms with Crippen molar-refractivity contribution in [3.63, 3.8) is 0 Å². The first-order valence-corrected chi connectivity index (χ1v) is 6.39. The summed E-state index contributed by atoms with van der Waals surface area (Å²) in [6.45, 7) is 7.14. The lowest BCUT2D eigenvalue weighted by Gasteiger charge is -2.42. The predicted octanol–water partition coefficient (Wildman–Crippen LogP) is 3.38. The zero-order valence-corrected chi connectivity index (χ0v) is 10.9. The molecule has 94 valence electrons. The van der Waals surface area contributed by atoms with Crippen molar-refractivity contribution in [3.8, 4) is 0 Å². The normalized spacial score (nSPS) is 17.8. The Labute approximate surface area is 102 Å². The van der Waals surface area contributed by atoms with Gasteiger partial charge in [0.1, 0.15) is 0 Å². The van der Waals surface area contributed by atoms with Gasteiger partial charge in [0.15, 0.2) is 0 Å². The third kappa shape index (κ3) is 1.99. The quantitative estimate of drug-likeness (QED) is 0.869. The molecule has 0 spiro atoms. The van der Waals surface area contributed by atoms with E-state index in [0.717, 1.165) is 17.9 Å². The topological polar surface area (TPSA) is 42.2 Å². The number of aromatic carboxylic acids is 1. The molecule has 0 aliphatic heterocycles. The molecule has 0 bridgehead atoms. The van der Waals surface area contributed by atoms with Gasteiger partial charge in [-0.15, -0.1) is 0 Å². The van der Waals surface area contributed by atoms with Crippen LogP contribution in [0.2, 0.25) is 0 Å². The standard InChI is InChI=1S/C14H21NO2/c1-4-14(6-5-7-14)9-15-10(2)8-12(11(15)3)13(16)17/h8H,4-7,9H2,1-3H3,(H,16,17). The Morgan fingerprint density at radius 3 is 2.47 bits per heavy atom. The summed E-state index contributed by atoms with van der Waals surface area (Å²) in [6, 6.07) is 1.79. The molecular formula is C14H21NO2. The minimum atomic E-state index is -0.816. The van der Waals surface area contributed by atoms with Crippen molar-refractivity contribution in [1.82, 2.24) is 4.57 Å². The molecule has 1 saturated carbocycles. The Kier molecular flexibility index (Phi) is 3.02. The fourth-order valence-electron chi connectivity index (χ4n) is 2.90. The summed E-state index contributed by atoms with van der Waals surface area (Å²) in [6.07, 6.45) is 5.07. The van der Waals surface area contributed by atoms with Crippen LogP contribution in [0, 0.1) is 19.3 Å². The first-order chi connectivity index (χ1) is 7.99. The smallest absolute Gasteiger partial charge is 0.337 e. The number of hydrogen-bond donors (Lipinski definition) is 1. The van der Waals surface area contributed by atoms with E-state index in [2.05, 4.69) is 11.5 Å². The zero-order chi connectivity index (χ0) is 12.6. The van der Waals surface area contributed by atoms with E-state index >= 15 is 0 Å². The Bertz CT molecular complexity index is 436. The van der Waals surface area contributed by atoms with Crippen molar-refractivity contribution in [2.24, 2.45) is 5.41 Å². The summed E-state index contributed by atoms with van der Waals surface area (Å²) in [5.41, 5.74) is 2.84. The average molecular weight is 235 g/mol. The van der Waals surface area contributed by atoms with Gasteiger partial charge in [0, 0.05) is 17.9 Å². The van der Waals surface area contributed by atoms with Crippen LogP contribution >= 0.6 is 0 Å². The van der Waals surface area contributed by atoms with Gasteiger partial charge in [0.25, 0.3) is 0 Å². The first kappa shape index (κ1) is 12.2. The van der Waals surface area contributed by atoms with Gasteiger partial charge < -0.3 is 9.67 Å². The molecule has 0 amide bonds. The maximum Gasteiger partial charge on any atom is 0.337 e. The van der Waals surface area contributed by atoms with Crippen molar-refractivity contribution >= 4 is 5.97 Å². The fourth-order valence-corrected chi connectivity index (χ4v) is 2.90. The largest absolute Gasteiger partial charge is 0.478 e. The zero-order valence-electron chi connectivity index (χ0n) is 10.9. The number of nitrogens with zero attached hydrogens (tertiary/aromatic N) is 1. The number of aromatic nitrogens is 1. The summed E-state index contributed by atoms with van der Waals surface area (Å²) >= 11 is 0. The van der Waals surface area contributed by atoms with Crippen LogP contribution in [0.15, 0.2) is 6.07 Å². The van der Waals surface area contributed by atoms with Gasteiger partial charge in [-0.05, 0) is 44.6 Å². The lowest BCUT2D eigenvalue weighted by molar-refractivity contribution is 0.0694. The van der Waals surface area contributed by atoms with Crippen molar-refractivity contribution in [2.45, 2.75) is 53.0 Å². The summed E-state index contributed by atoms with van der Waals surface area (Å²) < 4.78 is 2.19. The van der Waals surface area contributed by atoms with E-state index in [9.17, 15) is 4.79 Å². The van der Waals surface area contributed by atoms with Crippen LogP contribution in [-0.4, -0.2) is 15.6 Å². The van der Waals surface area contributed by atoms with E-state index < -0.39 is 5.97 Å². The molecule has 1 N–H and O–H groups in total. The number of aryl methyl sites for hydroxylation is 1. The minimum absolute atomic E-state index is 0.421. The van der Waals surface area contributed by atoms with Crippen molar-refractivity contribution < 1.29 is 9.90 Å². The van der Waals surface area contributed by atoms with Gasteiger partial charge in [0.05, 0.1) is 5.56 Å². The van der Waals surface area contributed by atoms with E-state index in [1.165, 1.54) is 25.7 Å². The van der Waals surface area contributed by atoms with Crippen LogP contribution in [-0.2, 0) is 6.54 Å². The van der Waals surface area contributed by atoms with E-state index in [1.54, 1.807) is 6.07 Å². The van der Waals surface area contributed by atoms with E-state index in [1.807, 2.05) is 13.8 Å². The number of carboxylic acids is 1. The number of hydrogen-bond acceptors (Lipinski definition) is 1. The molecule has 1 heterocycles. The molecule has 1 aliphatic rings. The van der Waals surface area contributed by atoms with E-state index in [0.29, 0.717) is 11.0 Å². The predicted molar refractivity (Wildman–Crippen MR) is 67.4 cm³/mol. The molecule has 1 aromatic rings. The highest BCUT2D eigenvalue weighted by Gasteiger charge is 2.36. The molecule has 0 aromatic carbocycles. The fraction of sp³-hybridized carbons (Fsp3) is 0.643. The van der Waals surface area contributed by atoms with Crippen LogP contribution in [0.4, 0.5) is 0 Å². The minimum Gasteiger partial charge on any atom is -0.478 e. The molecule has 2 rings (SSSR count). The summed E-state index contributed by atoms with van der Waals surface area (Å²) in [4.78, 5) is 11.1. The number of carboxylic acid groups (broad SMARTS) is 1. The van der Waals surface area contributed by atoms with Crippen LogP contribution in [0.1, 0.15) is 54.4 Å². The van der Waals surface area contributed by atoms with Gasteiger partial charge in [-0.2, -0.15) is 0 Å². The Hall–Kier alpha value is -1.25. The molecule has 3 heteroatoms. The van der Waals surface area contributed by atoms with Gasteiger partial charge in [-0.3, -0.25) is 0 Å². The molecule has 3 nitrogen and oxygen atoms in total. The van der Waals surface area contributed by atoms with Crippen LogP contribution in [0.25, 0.3) is 0 Å². The average Bonchev–Trinajstić information content (AvgIpc) is 2.50. The van der Waals surface area contributed by atoms with Gasteiger partial charge >= 0.3 is 5.97 Å². The molecule has 1 aromatic heterocycles. The second kappa shape index (κ2) is 4.21. The SMILES string of the molecule is CCC1(Cn2c(C)cc(C(=O)O)c2C)CCC1. The van der Waals surface area contributed by atoms with Crippen molar-refractivity contribution in [3.05, 3.63) is 23.0 Å². The summed E-state index contributed by atoms with van der Waals surface area (Å²) in [5, 5.41) is 9.12. The number of rotatable bonds is 4. The van der Waals surface area contributed by atoms with E-state index in [-0.39, 0.29) is 0 Å². The molecule has 0 unspecified atom stereocenters. The molecule has 0 saturated heterocycles. The third-order valence-corrected chi connectivity index (χ3v) is 4.46. The van der Waals surface area contributed by atoms with E-state index in [4.69, 9.17) is 5.11 Å². The highest BCUT2D eigenvalue weighted by molar-refractivity contribution is 5.89. The molecule has 17 heavy (non-hydrogen) atoms. The molecule has 1 fully saturated rings. The van der Waals surface area contributed by atoms with Crippen LogP contribution in [0.3, 0.4) is 0 Å². The highest BCUT2D eigenvalue weighted by atomic mass is 16.4. The second-order valence-corrected chi connectivity index (χ2v) is 5.38. The number of carbonyl (C=O) groups is 1. The Morgan fingerprint density at radius 1 is 1.47 bits per heavy atom. The molecular weight excluding hydrogens is 214 g/mol. The molecule has 1 aliphatic carbocycles. The van der Waals surface area contributed by atoms with Gasteiger partial charge in [-0.25, -0.2) is 4.79 Å². The van der Waals surface area contributed by atoms with Crippen LogP contribution < -0.4 is 0 Å². The summed E-state index contributed by atoms with van der Waals surface area (Å²) in [5.74, 6) is -0.816. The third-order valence-electron chi connectivity index (χ3n) is 4.46. The lowest BCUT2D eigenvalue weighted by atomic mass is 9.67. The highest BCUT2D eigenvalue weighted by Crippen LogP contribution is 2.45. The van der Waals surface area contributed by atoms with Gasteiger partial charge in [0.2, 0.25) is 0 Å².